The Kier molecular flexibility index (Phi) is 4.20. The molecule has 1 aromatic carbocycles. The van der Waals surface area contributed by atoms with Gasteiger partial charge in [-0.25, -0.2) is 0 Å². The zero-order valence-electron chi connectivity index (χ0n) is 13.8. The molecule has 2 heterocycles. The maximum Gasteiger partial charge on any atom is 0.259 e. The first-order chi connectivity index (χ1) is 11.3. The molecule has 0 bridgehead atoms. The van der Waals surface area contributed by atoms with Crippen molar-refractivity contribution in [1.82, 2.24) is 10.2 Å². The standard InChI is InChI=1S/C18H17ClN2O3/c1-9-5-13(6-10(2)16(9)22)8-15(19)18-21-20-17(24-18)14-7-11(3)23-12(14)4/h5-8,22H,1-4H3/b15-8-. The molecule has 0 saturated carbocycles. The molecule has 0 aliphatic rings. The highest BCUT2D eigenvalue weighted by Crippen LogP contribution is 2.30. The largest absolute Gasteiger partial charge is 0.507 e. The molecule has 124 valence electrons. The van der Waals surface area contributed by atoms with Gasteiger partial charge in [0.15, 0.2) is 0 Å². The van der Waals surface area contributed by atoms with Crippen LogP contribution in [-0.4, -0.2) is 15.3 Å². The lowest BCUT2D eigenvalue weighted by atomic mass is 10.1. The van der Waals surface area contributed by atoms with Gasteiger partial charge in [-0.05, 0) is 68.7 Å². The zero-order valence-corrected chi connectivity index (χ0v) is 14.6. The fraction of sp³-hybridized carbons (Fsp3) is 0.222. The Morgan fingerprint density at radius 1 is 1.04 bits per heavy atom. The van der Waals surface area contributed by atoms with Crippen molar-refractivity contribution in [2.75, 3.05) is 0 Å². The number of hydrogen-bond acceptors (Lipinski definition) is 5. The van der Waals surface area contributed by atoms with Gasteiger partial charge in [0.1, 0.15) is 22.3 Å². The molecule has 24 heavy (non-hydrogen) atoms. The van der Waals surface area contributed by atoms with Gasteiger partial charge >= 0.3 is 0 Å². The highest BCUT2D eigenvalue weighted by atomic mass is 35.5. The normalized spacial score (nSPS) is 12.0. The van der Waals surface area contributed by atoms with Crippen LogP contribution in [0.2, 0.25) is 0 Å². The van der Waals surface area contributed by atoms with Gasteiger partial charge in [-0.3, -0.25) is 0 Å². The van der Waals surface area contributed by atoms with Crippen LogP contribution in [0.3, 0.4) is 0 Å². The molecule has 0 unspecified atom stereocenters. The molecule has 0 fully saturated rings. The summed E-state index contributed by atoms with van der Waals surface area (Å²) in [4.78, 5) is 0. The average molecular weight is 345 g/mol. The number of phenols is 1. The van der Waals surface area contributed by atoms with Gasteiger partial charge < -0.3 is 13.9 Å². The Morgan fingerprint density at radius 3 is 2.29 bits per heavy atom. The molecule has 0 spiro atoms. The number of rotatable bonds is 3. The Morgan fingerprint density at radius 2 is 1.71 bits per heavy atom. The molecule has 6 heteroatoms. The van der Waals surface area contributed by atoms with Crippen molar-refractivity contribution in [2.24, 2.45) is 0 Å². The smallest absolute Gasteiger partial charge is 0.259 e. The van der Waals surface area contributed by atoms with Gasteiger partial charge in [0.25, 0.3) is 11.8 Å². The summed E-state index contributed by atoms with van der Waals surface area (Å²) in [5.74, 6) is 2.37. The van der Waals surface area contributed by atoms with Gasteiger partial charge in [0.05, 0.1) is 5.56 Å². The number of aryl methyl sites for hydroxylation is 4. The van der Waals surface area contributed by atoms with E-state index < -0.39 is 0 Å². The molecule has 0 saturated heterocycles. The van der Waals surface area contributed by atoms with E-state index in [9.17, 15) is 5.11 Å². The predicted molar refractivity (Wildman–Crippen MR) is 92.8 cm³/mol. The molecule has 0 atom stereocenters. The van der Waals surface area contributed by atoms with E-state index in [0.29, 0.717) is 16.7 Å². The molecule has 0 amide bonds. The lowest BCUT2D eigenvalue weighted by molar-refractivity contribution is 0.467. The Hall–Kier alpha value is -2.53. The minimum absolute atomic E-state index is 0.230. The maximum atomic E-state index is 9.84. The predicted octanol–water partition coefficient (Wildman–Crippen LogP) is 5.01. The molecule has 0 aliphatic carbocycles. The number of halogens is 1. The van der Waals surface area contributed by atoms with Crippen LogP contribution in [0.5, 0.6) is 5.75 Å². The summed E-state index contributed by atoms with van der Waals surface area (Å²) in [7, 11) is 0. The number of nitrogens with zero attached hydrogens (tertiary/aromatic N) is 2. The first-order valence-electron chi connectivity index (χ1n) is 7.44. The second kappa shape index (κ2) is 6.17. The maximum absolute atomic E-state index is 9.84. The molecular formula is C18H17ClN2O3. The van der Waals surface area contributed by atoms with Gasteiger partial charge in [0, 0.05) is 0 Å². The van der Waals surface area contributed by atoms with Gasteiger partial charge in [0.2, 0.25) is 0 Å². The van der Waals surface area contributed by atoms with Crippen LogP contribution in [0, 0.1) is 27.7 Å². The third kappa shape index (κ3) is 3.08. The zero-order chi connectivity index (χ0) is 17.4. The summed E-state index contributed by atoms with van der Waals surface area (Å²) >= 11 is 6.31. The third-order valence-electron chi connectivity index (χ3n) is 3.71. The average Bonchev–Trinajstić information content (AvgIpc) is 3.11. The summed E-state index contributed by atoms with van der Waals surface area (Å²) in [6, 6.07) is 5.52. The van der Waals surface area contributed by atoms with Gasteiger partial charge in [-0.2, -0.15) is 0 Å². The number of aromatic hydroxyl groups is 1. The summed E-state index contributed by atoms with van der Waals surface area (Å²) in [6.45, 7) is 7.37. The highest BCUT2D eigenvalue weighted by Gasteiger charge is 2.16. The van der Waals surface area contributed by atoms with E-state index in [0.717, 1.165) is 28.0 Å². The van der Waals surface area contributed by atoms with E-state index >= 15 is 0 Å². The van der Waals surface area contributed by atoms with E-state index in [1.807, 2.05) is 45.9 Å². The van der Waals surface area contributed by atoms with Crippen LogP contribution in [-0.2, 0) is 0 Å². The van der Waals surface area contributed by atoms with Crippen LogP contribution in [0.25, 0.3) is 22.6 Å². The molecule has 0 radical (unpaired) electrons. The van der Waals surface area contributed by atoms with E-state index in [4.69, 9.17) is 20.4 Å². The number of benzene rings is 1. The molecule has 3 aromatic rings. The molecular weight excluding hydrogens is 328 g/mol. The van der Waals surface area contributed by atoms with Crippen LogP contribution in [0.1, 0.15) is 34.1 Å². The van der Waals surface area contributed by atoms with E-state index in [1.54, 1.807) is 6.08 Å². The molecule has 1 N–H and O–H groups in total. The van der Waals surface area contributed by atoms with Crippen LogP contribution >= 0.6 is 11.6 Å². The second-order valence-electron chi connectivity index (χ2n) is 5.73. The summed E-state index contributed by atoms with van der Waals surface area (Å²) in [6.07, 6.45) is 1.73. The van der Waals surface area contributed by atoms with Crippen molar-refractivity contribution in [3.8, 4) is 17.2 Å². The lowest BCUT2D eigenvalue weighted by Gasteiger charge is -2.04. The Labute approximate surface area is 144 Å². The van der Waals surface area contributed by atoms with Gasteiger partial charge in [-0.1, -0.05) is 11.6 Å². The number of furan rings is 1. The van der Waals surface area contributed by atoms with E-state index in [1.165, 1.54) is 0 Å². The molecule has 3 rings (SSSR count). The van der Waals surface area contributed by atoms with Crippen molar-refractivity contribution in [1.29, 1.82) is 0 Å². The lowest BCUT2D eigenvalue weighted by Crippen LogP contribution is -1.84. The topological polar surface area (TPSA) is 72.3 Å². The van der Waals surface area contributed by atoms with Crippen molar-refractivity contribution in [2.45, 2.75) is 27.7 Å². The summed E-state index contributed by atoms with van der Waals surface area (Å²) < 4.78 is 11.1. The Bertz CT molecular complexity index is 915. The molecule has 2 aromatic heterocycles. The van der Waals surface area contributed by atoms with Crippen molar-refractivity contribution in [3.63, 3.8) is 0 Å². The van der Waals surface area contributed by atoms with E-state index in [-0.39, 0.29) is 11.6 Å². The Balaban J connectivity index is 1.94. The van der Waals surface area contributed by atoms with Crippen molar-refractivity contribution < 1.29 is 13.9 Å². The SMILES string of the molecule is Cc1cc(-c2nnc(/C(Cl)=C/c3cc(C)c(O)c(C)c3)o2)c(C)o1. The summed E-state index contributed by atoms with van der Waals surface area (Å²) in [5, 5.41) is 18.2. The molecule has 0 aliphatic heterocycles. The minimum Gasteiger partial charge on any atom is -0.507 e. The number of hydrogen-bond donors (Lipinski definition) is 1. The van der Waals surface area contributed by atoms with Gasteiger partial charge in [-0.15, -0.1) is 10.2 Å². The summed E-state index contributed by atoms with van der Waals surface area (Å²) in [5.41, 5.74) is 3.16. The third-order valence-corrected chi connectivity index (χ3v) is 3.98. The van der Waals surface area contributed by atoms with Crippen LogP contribution < -0.4 is 0 Å². The van der Waals surface area contributed by atoms with Crippen molar-refractivity contribution in [3.05, 3.63) is 52.3 Å². The van der Waals surface area contributed by atoms with E-state index in [2.05, 4.69) is 10.2 Å². The van der Waals surface area contributed by atoms with Crippen molar-refractivity contribution >= 4 is 22.7 Å². The fourth-order valence-electron chi connectivity index (χ4n) is 2.55. The fourth-order valence-corrected chi connectivity index (χ4v) is 2.75. The first kappa shape index (κ1) is 16.3. The van der Waals surface area contributed by atoms with Crippen LogP contribution in [0.4, 0.5) is 0 Å². The quantitative estimate of drug-likeness (QED) is 0.723. The van der Waals surface area contributed by atoms with Crippen LogP contribution in [0.15, 0.2) is 27.0 Å². The first-order valence-corrected chi connectivity index (χ1v) is 7.81. The second-order valence-corrected chi connectivity index (χ2v) is 6.14. The molecule has 5 nitrogen and oxygen atoms in total. The highest BCUT2D eigenvalue weighted by molar-refractivity contribution is 6.50. The number of aromatic nitrogens is 2. The minimum atomic E-state index is 0.230. The number of phenolic OH excluding ortho intramolecular Hbond substituents is 1. The monoisotopic (exact) mass is 344 g/mol.